The first-order chi connectivity index (χ1) is 15.3. The topological polar surface area (TPSA) is 89.2 Å². The van der Waals surface area contributed by atoms with Crippen LogP contribution in [0.5, 0.6) is 0 Å². The molecule has 2 heterocycles. The molecule has 2 N–H and O–H groups in total. The molecule has 0 atom stereocenters. The molecule has 1 aliphatic heterocycles. The average molecular weight is 451 g/mol. The number of aromatic nitrogens is 2. The highest BCUT2D eigenvalue weighted by Crippen LogP contribution is 2.29. The van der Waals surface area contributed by atoms with Gasteiger partial charge in [-0.1, -0.05) is 56.3 Å². The van der Waals surface area contributed by atoms with Crippen LogP contribution in [0.1, 0.15) is 43.7 Å². The summed E-state index contributed by atoms with van der Waals surface area (Å²) in [5.74, 6) is 1.44. The van der Waals surface area contributed by atoms with E-state index < -0.39 is 9.84 Å². The minimum atomic E-state index is -3.77. The number of piperidine rings is 1. The molecule has 0 radical (unpaired) electrons. The average Bonchev–Trinajstić information content (AvgIpc) is 2.80. The highest BCUT2D eigenvalue weighted by molar-refractivity contribution is 7.91. The van der Waals surface area contributed by atoms with Gasteiger partial charge in [0.15, 0.2) is 0 Å². The number of benzene rings is 2. The quantitative estimate of drug-likeness (QED) is 0.596. The van der Waals surface area contributed by atoms with E-state index in [1.54, 1.807) is 12.1 Å². The van der Waals surface area contributed by atoms with Gasteiger partial charge in [0.1, 0.15) is 10.7 Å². The number of nitrogens with two attached hydrogens (primary N) is 1. The van der Waals surface area contributed by atoms with Crippen LogP contribution in [-0.2, 0) is 16.3 Å². The van der Waals surface area contributed by atoms with Crippen molar-refractivity contribution in [3.63, 3.8) is 0 Å². The molecule has 2 aromatic carbocycles. The maximum Gasteiger partial charge on any atom is 0.227 e. The molecular formula is C25H30N4O2S. The van der Waals surface area contributed by atoms with Crippen molar-refractivity contribution < 1.29 is 8.42 Å². The number of hydrogen-bond donors (Lipinski definition) is 1. The molecular weight excluding hydrogens is 420 g/mol. The zero-order chi connectivity index (χ0) is 22.7. The first-order valence-corrected chi connectivity index (χ1v) is 12.6. The molecule has 0 saturated carbocycles. The first-order valence-electron chi connectivity index (χ1n) is 11.1. The number of sulfone groups is 1. The maximum atomic E-state index is 13.1. The van der Waals surface area contributed by atoms with Crippen LogP contribution in [0.25, 0.3) is 0 Å². The summed E-state index contributed by atoms with van der Waals surface area (Å²) in [4.78, 5) is 11.0. The number of anilines is 2. The molecule has 0 bridgehead atoms. The summed E-state index contributed by atoms with van der Waals surface area (Å²) in [5.41, 5.74) is 8.55. The fourth-order valence-corrected chi connectivity index (χ4v) is 5.44. The number of hydrogen-bond acceptors (Lipinski definition) is 6. The lowest BCUT2D eigenvalue weighted by Crippen LogP contribution is -2.35. The third kappa shape index (κ3) is 4.78. The molecule has 1 aromatic heterocycles. The van der Waals surface area contributed by atoms with Crippen molar-refractivity contribution in [1.29, 1.82) is 0 Å². The number of rotatable bonds is 6. The van der Waals surface area contributed by atoms with Gasteiger partial charge in [0, 0.05) is 13.1 Å². The summed E-state index contributed by atoms with van der Waals surface area (Å²) in [6.07, 6.45) is 4.50. The van der Waals surface area contributed by atoms with Crippen molar-refractivity contribution in [3.8, 4) is 0 Å². The van der Waals surface area contributed by atoms with E-state index in [1.807, 2.05) is 18.2 Å². The van der Waals surface area contributed by atoms with E-state index in [0.29, 0.717) is 17.8 Å². The molecule has 0 unspecified atom stereocenters. The van der Waals surface area contributed by atoms with Crippen LogP contribution in [0, 0.1) is 5.92 Å². The van der Waals surface area contributed by atoms with Gasteiger partial charge in [-0.05, 0) is 54.4 Å². The van der Waals surface area contributed by atoms with Gasteiger partial charge in [0.2, 0.25) is 15.8 Å². The number of nitrogens with zero attached hydrogens (tertiary/aromatic N) is 3. The van der Waals surface area contributed by atoms with Crippen molar-refractivity contribution in [1.82, 2.24) is 9.97 Å². The molecule has 4 rings (SSSR count). The van der Waals surface area contributed by atoms with E-state index in [9.17, 15) is 8.42 Å². The Morgan fingerprint density at radius 1 is 1.03 bits per heavy atom. The molecule has 0 amide bonds. The molecule has 6 nitrogen and oxygen atoms in total. The predicted molar refractivity (Wildman–Crippen MR) is 128 cm³/mol. The Morgan fingerprint density at radius 3 is 2.28 bits per heavy atom. The maximum absolute atomic E-state index is 13.1. The van der Waals surface area contributed by atoms with Crippen LogP contribution in [0.3, 0.4) is 0 Å². The van der Waals surface area contributed by atoms with Gasteiger partial charge in [0.25, 0.3) is 0 Å². The van der Waals surface area contributed by atoms with Crippen LogP contribution >= 0.6 is 0 Å². The van der Waals surface area contributed by atoms with E-state index in [1.165, 1.54) is 11.8 Å². The monoisotopic (exact) mass is 450 g/mol. The Bertz CT molecular complexity index is 1150. The second kappa shape index (κ2) is 9.28. The van der Waals surface area contributed by atoms with Gasteiger partial charge in [-0.15, -0.1) is 0 Å². The molecule has 1 aliphatic rings. The Balaban J connectivity index is 1.45. The Hall–Kier alpha value is -2.93. The molecule has 0 spiro atoms. The van der Waals surface area contributed by atoms with Crippen molar-refractivity contribution in [2.75, 3.05) is 23.7 Å². The third-order valence-electron chi connectivity index (χ3n) is 6.18. The largest absolute Gasteiger partial charge is 0.382 e. The van der Waals surface area contributed by atoms with Gasteiger partial charge in [0.05, 0.1) is 11.1 Å². The van der Waals surface area contributed by atoms with E-state index >= 15 is 0 Å². The minimum Gasteiger partial charge on any atom is -0.382 e. The fraction of sp³-hybridized carbons (Fsp3) is 0.360. The molecule has 168 valence electrons. The van der Waals surface area contributed by atoms with E-state index in [4.69, 9.17) is 5.73 Å². The minimum absolute atomic E-state index is 0.00524. The summed E-state index contributed by atoms with van der Waals surface area (Å²) < 4.78 is 26.1. The SMILES string of the molecule is CC(C)c1ccc(S(=O)(=O)c2cnc(N3CCC(Cc4ccccc4)CC3)nc2N)cc1. The van der Waals surface area contributed by atoms with Crippen LogP contribution in [0.15, 0.2) is 70.6 Å². The predicted octanol–water partition coefficient (Wildman–Crippen LogP) is 4.47. The summed E-state index contributed by atoms with van der Waals surface area (Å²) in [6.45, 7) is 5.80. The second-order valence-corrected chi connectivity index (χ2v) is 10.7. The molecule has 1 fully saturated rings. The highest BCUT2D eigenvalue weighted by atomic mass is 32.2. The van der Waals surface area contributed by atoms with Gasteiger partial charge >= 0.3 is 0 Å². The standard InChI is InChI=1S/C25H30N4O2S/c1-18(2)21-8-10-22(11-9-21)32(30,31)23-17-27-25(28-24(23)26)29-14-12-20(13-15-29)16-19-6-4-3-5-7-19/h3-11,17-18,20H,12-16H2,1-2H3,(H2,26,27,28). The van der Waals surface area contributed by atoms with E-state index in [-0.39, 0.29) is 15.6 Å². The van der Waals surface area contributed by atoms with Crippen LogP contribution in [-0.4, -0.2) is 31.5 Å². The Morgan fingerprint density at radius 2 is 1.69 bits per heavy atom. The van der Waals surface area contributed by atoms with Crippen LogP contribution in [0.2, 0.25) is 0 Å². The summed E-state index contributed by atoms with van der Waals surface area (Å²) in [5, 5.41) is 0. The second-order valence-electron chi connectivity index (χ2n) is 8.77. The highest BCUT2D eigenvalue weighted by Gasteiger charge is 2.25. The number of nitrogen functional groups attached to an aromatic ring is 1. The molecule has 1 saturated heterocycles. The van der Waals surface area contributed by atoms with E-state index in [2.05, 4.69) is 53.0 Å². The molecule has 7 heteroatoms. The molecule has 32 heavy (non-hydrogen) atoms. The fourth-order valence-electron chi connectivity index (χ4n) is 4.18. The summed E-state index contributed by atoms with van der Waals surface area (Å²) >= 11 is 0. The van der Waals surface area contributed by atoms with Crippen molar-refractivity contribution in [3.05, 3.63) is 71.9 Å². The van der Waals surface area contributed by atoms with Crippen molar-refractivity contribution >= 4 is 21.6 Å². The summed E-state index contributed by atoms with van der Waals surface area (Å²) in [6, 6.07) is 17.5. The van der Waals surface area contributed by atoms with Crippen LogP contribution < -0.4 is 10.6 Å². The molecule has 0 aliphatic carbocycles. The van der Waals surface area contributed by atoms with Gasteiger partial charge in [-0.3, -0.25) is 0 Å². The normalized spacial score (nSPS) is 15.3. The zero-order valence-corrected chi connectivity index (χ0v) is 19.4. The Labute approximate surface area is 190 Å². The lowest BCUT2D eigenvalue weighted by Gasteiger charge is -2.32. The van der Waals surface area contributed by atoms with E-state index in [0.717, 1.165) is 37.9 Å². The smallest absolute Gasteiger partial charge is 0.227 e. The Kier molecular flexibility index (Phi) is 6.46. The van der Waals surface area contributed by atoms with Crippen molar-refractivity contribution in [2.45, 2.75) is 48.8 Å². The first kappa shape index (κ1) is 22.3. The van der Waals surface area contributed by atoms with Gasteiger partial charge in [-0.25, -0.2) is 13.4 Å². The lowest BCUT2D eigenvalue weighted by molar-refractivity contribution is 0.400. The van der Waals surface area contributed by atoms with Crippen molar-refractivity contribution in [2.24, 2.45) is 5.92 Å². The summed E-state index contributed by atoms with van der Waals surface area (Å²) in [7, 11) is -3.77. The van der Waals surface area contributed by atoms with Gasteiger partial charge < -0.3 is 10.6 Å². The zero-order valence-electron chi connectivity index (χ0n) is 18.6. The van der Waals surface area contributed by atoms with Crippen LogP contribution in [0.4, 0.5) is 11.8 Å². The van der Waals surface area contributed by atoms with Gasteiger partial charge in [-0.2, -0.15) is 4.98 Å². The lowest BCUT2D eigenvalue weighted by atomic mass is 9.90. The third-order valence-corrected chi connectivity index (χ3v) is 7.97. The molecule has 3 aromatic rings.